The minimum atomic E-state index is -0.366. The zero-order valence-corrected chi connectivity index (χ0v) is 11.8. The van der Waals surface area contributed by atoms with Crippen molar-refractivity contribution in [2.75, 3.05) is 25.4 Å². The summed E-state index contributed by atoms with van der Waals surface area (Å²) in [7, 11) is 0. The third kappa shape index (κ3) is 2.88. The Morgan fingerprint density at radius 2 is 2.21 bits per heavy atom. The number of carbonyl (C=O) groups excluding carboxylic acids is 1. The number of rotatable bonds is 4. The van der Waals surface area contributed by atoms with E-state index in [0.29, 0.717) is 28.6 Å². The zero-order valence-electron chi connectivity index (χ0n) is 11.0. The Morgan fingerprint density at radius 1 is 1.53 bits per heavy atom. The summed E-state index contributed by atoms with van der Waals surface area (Å²) in [5.74, 6) is -0.366. The van der Waals surface area contributed by atoms with E-state index in [1.54, 1.807) is 6.92 Å². The van der Waals surface area contributed by atoms with Gasteiger partial charge in [0.25, 0.3) is 0 Å². The third-order valence-corrected chi connectivity index (χ3v) is 4.39. The highest BCUT2D eigenvalue weighted by atomic mass is 32.1. The fourth-order valence-electron chi connectivity index (χ4n) is 2.44. The number of anilines is 1. The molecule has 0 spiro atoms. The van der Waals surface area contributed by atoms with Gasteiger partial charge in [0.15, 0.2) is 0 Å². The van der Waals surface area contributed by atoms with Gasteiger partial charge in [-0.25, -0.2) is 4.79 Å². The highest BCUT2D eigenvalue weighted by molar-refractivity contribution is 7.18. The van der Waals surface area contributed by atoms with Crippen LogP contribution in [0, 0.1) is 11.3 Å². The van der Waals surface area contributed by atoms with Gasteiger partial charge in [-0.2, -0.15) is 5.26 Å². The highest BCUT2D eigenvalue weighted by Gasteiger charge is 2.27. The molecule has 6 heteroatoms. The molecule has 0 amide bonds. The Balaban J connectivity index is 2.31. The molecule has 1 aliphatic heterocycles. The highest BCUT2D eigenvalue weighted by Crippen LogP contribution is 2.30. The van der Waals surface area contributed by atoms with Crippen LogP contribution in [-0.2, 0) is 11.3 Å². The van der Waals surface area contributed by atoms with Crippen molar-refractivity contribution >= 4 is 22.3 Å². The number of thiophene rings is 1. The Bertz CT molecular complexity index is 513. The number of likely N-dealkylation sites (tertiary alicyclic amines) is 1. The van der Waals surface area contributed by atoms with Crippen LogP contribution in [-0.4, -0.2) is 25.7 Å². The number of esters is 1. The van der Waals surface area contributed by atoms with Crippen LogP contribution in [0.4, 0.5) is 5.00 Å². The quantitative estimate of drug-likeness (QED) is 0.790. The Morgan fingerprint density at radius 3 is 2.79 bits per heavy atom. The SMILES string of the molecule is CCOC(=O)c1sc(N)c(C#N)c1C[NH+]1CCCC1. The van der Waals surface area contributed by atoms with Gasteiger partial charge in [-0.1, -0.05) is 0 Å². The first-order valence-electron chi connectivity index (χ1n) is 6.49. The molecule has 0 radical (unpaired) electrons. The first-order chi connectivity index (χ1) is 9.17. The molecule has 2 rings (SSSR count). The second kappa shape index (κ2) is 6.04. The lowest BCUT2D eigenvalue weighted by molar-refractivity contribution is -0.901. The zero-order chi connectivity index (χ0) is 13.8. The molecular formula is C13H18N3O2S+. The molecule has 19 heavy (non-hydrogen) atoms. The molecule has 1 aromatic heterocycles. The largest absolute Gasteiger partial charge is 0.462 e. The van der Waals surface area contributed by atoms with Crippen LogP contribution in [0.1, 0.15) is 40.6 Å². The topological polar surface area (TPSA) is 80.5 Å². The van der Waals surface area contributed by atoms with E-state index in [4.69, 9.17) is 10.5 Å². The smallest absolute Gasteiger partial charge is 0.348 e. The number of nitrogen functional groups attached to an aromatic ring is 1. The molecule has 0 bridgehead atoms. The van der Waals surface area contributed by atoms with Crippen LogP contribution in [0.25, 0.3) is 0 Å². The van der Waals surface area contributed by atoms with Gasteiger partial charge in [0.1, 0.15) is 22.5 Å². The van der Waals surface area contributed by atoms with Crippen LogP contribution in [0.3, 0.4) is 0 Å². The van der Waals surface area contributed by atoms with Crippen molar-refractivity contribution in [1.82, 2.24) is 0 Å². The monoisotopic (exact) mass is 280 g/mol. The second-order valence-electron chi connectivity index (χ2n) is 4.62. The predicted molar refractivity (Wildman–Crippen MR) is 73.0 cm³/mol. The summed E-state index contributed by atoms with van der Waals surface area (Å²) >= 11 is 1.16. The van der Waals surface area contributed by atoms with E-state index < -0.39 is 0 Å². The maximum atomic E-state index is 11.9. The molecule has 3 N–H and O–H groups in total. The fraction of sp³-hybridized carbons (Fsp3) is 0.538. The number of ether oxygens (including phenoxy) is 1. The van der Waals surface area contributed by atoms with Crippen LogP contribution in [0.5, 0.6) is 0 Å². The average Bonchev–Trinajstić information content (AvgIpc) is 2.98. The fourth-order valence-corrected chi connectivity index (χ4v) is 3.37. The van der Waals surface area contributed by atoms with E-state index in [0.717, 1.165) is 30.0 Å². The van der Waals surface area contributed by atoms with Crippen molar-refractivity contribution < 1.29 is 14.4 Å². The second-order valence-corrected chi connectivity index (χ2v) is 5.67. The molecule has 1 fully saturated rings. The van der Waals surface area contributed by atoms with Gasteiger partial charge in [-0.15, -0.1) is 11.3 Å². The van der Waals surface area contributed by atoms with E-state index in [1.807, 2.05) is 0 Å². The van der Waals surface area contributed by atoms with Crippen LogP contribution < -0.4 is 10.6 Å². The molecule has 2 heterocycles. The Labute approximate surface area is 116 Å². The molecule has 0 aromatic carbocycles. The summed E-state index contributed by atoms with van der Waals surface area (Å²) in [6.45, 7) is 4.95. The number of hydrogen-bond donors (Lipinski definition) is 2. The Kier molecular flexibility index (Phi) is 4.40. The number of nitrogens with two attached hydrogens (primary N) is 1. The lowest BCUT2D eigenvalue weighted by Crippen LogP contribution is -3.08. The number of nitrogens with one attached hydrogen (secondary N) is 1. The molecule has 1 aromatic rings. The summed E-state index contributed by atoms with van der Waals surface area (Å²) in [6, 6.07) is 2.12. The minimum Gasteiger partial charge on any atom is -0.462 e. The van der Waals surface area contributed by atoms with E-state index >= 15 is 0 Å². The van der Waals surface area contributed by atoms with E-state index in [1.165, 1.54) is 17.7 Å². The van der Waals surface area contributed by atoms with Crippen molar-refractivity contribution in [2.45, 2.75) is 26.3 Å². The maximum Gasteiger partial charge on any atom is 0.348 e. The summed E-state index contributed by atoms with van der Waals surface area (Å²) in [4.78, 5) is 13.8. The van der Waals surface area contributed by atoms with Crippen molar-refractivity contribution in [3.05, 3.63) is 16.0 Å². The molecule has 0 aliphatic carbocycles. The van der Waals surface area contributed by atoms with Gasteiger partial charge in [-0.05, 0) is 6.92 Å². The van der Waals surface area contributed by atoms with Gasteiger partial charge in [0, 0.05) is 12.8 Å². The van der Waals surface area contributed by atoms with Gasteiger partial charge in [0.2, 0.25) is 0 Å². The van der Waals surface area contributed by atoms with E-state index in [-0.39, 0.29) is 5.97 Å². The summed E-state index contributed by atoms with van der Waals surface area (Å²) < 4.78 is 5.04. The van der Waals surface area contributed by atoms with Crippen molar-refractivity contribution in [3.8, 4) is 6.07 Å². The summed E-state index contributed by atoms with van der Waals surface area (Å²) in [5, 5.41) is 9.63. The molecule has 102 valence electrons. The van der Waals surface area contributed by atoms with E-state index in [2.05, 4.69) is 6.07 Å². The minimum absolute atomic E-state index is 0.328. The lowest BCUT2D eigenvalue weighted by atomic mass is 10.1. The molecule has 5 nitrogen and oxygen atoms in total. The molecule has 0 unspecified atom stereocenters. The number of nitrogens with zero attached hydrogens (tertiary/aromatic N) is 1. The predicted octanol–water partition coefficient (Wildman–Crippen LogP) is 0.557. The summed E-state index contributed by atoms with van der Waals surface area (Å²) in [5.41, 5.74) is 7.06. The average molecular weight is 280 g/mol. The maximum absolute atomic E-state index is 11.9. The number of hydrogen-bond acceptors (Lipinski definition) is 5. The van der Waals surface area contributed by atoms with Crippen LogP contribution in [0.15, 0.2) is 0 Å². The van der Waals surface area contributed by atoms with Crippen LogP contribution in [0.2, 0.25) is 0 Å². The van der Waals surface area contributed by atoms with Crippen molar-refractivity contribution in [1.29, 1.82) is 5.26 Å². The van der Waals surface area contributed by atoms with Crippen LogP contribution >= 0.6 is 11.3 Å². The number of carbonyl (C=O) groups is 1. The van der Waals surface area contributed by atoms with E-state index in [9.17, 15) is 10.1 Å². The third-order valence-electron chi connectivity index (χ3n) is 3.34. The first-order valence-corrected chi connectivity index (χ1v) is 7.31. The molecule has 0 saturated carbocycles. The Hall–Kier alpha value is -1.58. The molecule has 1 saturated heterocycles. The number of quaternary nitrogens is 1. The molecular weight excluding hydrogens is 262 g/mol. The van der Waals surface area contributed by atoms with Crippen molar-refractivity contribution in [3.63, 3.8) is 0 Å². The first kappa shape index (κ1) is 13.8. The standard InChI is InChI=1S/C13H17N3O2S/c1-2-18-13(17)11-10(8-16-5-3-4-6-16)9(7-14)12(15)19-11/h2-6,8,15H2,1H3/p+1. The lowest BCUT2D eigenvalue weighted by Gasteiger charge is -2.12. The van der Waals surface area contributed by atoms with Crippen molar-refractivity contribution in [2.24, 2.45) is 0 Å². The molecule has 1 aliphatic rings. The van der Waals surface area contributed by atoms with Gasteiger partial charge in [-0.3, -0.25) is 0 Å². The normalized spacial score (nSPS) is 15.4. The molecule has 0 atom stereocenters. The summed E-state index contributed by atoms with van der Waals surface area (Å²) in [6.07, 6.45) is 2.40. The van der Waals surface area contributed by atoms with Gasteiger partial charge < -0.3 is 15.4 Å². The van der Waals surface area contributed by atoms with Gasteiger partial charge >= 0.3 is 5.97 Å². The van der Waals surface area contributed by atoms with Gasteiger partial charge in [0.05, 0.1) is 30.8 Å². The number of nitriles is 1.